The maximum absolute atomic E-state index is 13.7. The van der Waals surface area contributed by atoms with E-state index in [0.29, 0.717) is 16.7 Å². The molecule has 22 rings (SSSR count). The van der Waals surface area contributed by atoms with Gasteiger partial charge in [0.1, 0.15) is 0 Å². The summed E-state index contributed by atoms with van der Waals surface area (Å²) in [4.78, 5) is 59.9. The second-order valence-electron chi connectivity index (χ2n) is 36.2. The number of aryl methyl sites for hydroxylation is 6. The van der Waals surface area contributed by atoms with E-state index in [-0.39, 0.29) is 23.1 Å². The molecule has 6 heteroatoms. The summed E-state index contributed by atoms with van der Waals surface area (Å²) in [5, 5.41) is 0. The molecule has 0 bridgehead atoms. The zero-order valence-corrected chi connectivity index (χ0v) is 82.6. The lowest BCUT2D eigenvalue weighted by Crippen LogP contribution is -2.02. The summed E-state index contributed by atoms with van der Waals surface area (Å²) in [6.45, 7) is 12.3. The van der Waals surface area contributed by atoms with Crippen molar-refractivity contribution in [3.8, 4) is 134 Å². The molecule has 2 aromatic heterocycles. The standard InChI is InChI=1S/C36H26N2O.C26H20O.2C25H20.2C14H12O/c1-25-9-6-14-30(19-25)36(39)33-23-31(26-10-7-12-28(20-26)34-15-2-4-17-37-34)22-32(24-33)27-11-8-13-29(21-27)35-16-3-5-18-38-35;1-19-9-8-14-22(15-19)26(27)25-17-23(20-10-4-2-5-11-20)16-24(18-25)21-12-6-3-7-13-21;1-19-9-8-14-22(15-19)25-17-23(20-10-4-2-5-11-20)16-24(18-25)21-12-6-3-7-13-21;1-19-12-14-22(15-13-19)25-17-23(20-8-4-2-5-9-20)16-24(18-25)21-10-6-3-7-11-21;2*1-11-6-5-9-13(10-11)14(15)12-7-3-2-4-8-12/h2-24H,1H3;2-18H,1H3;2*2-18H,1H3;2*2-10H,1H3. The third-order valence-electron chi connectivity index (χ3n) is 25.1. The van der Waals surface area contributed by atoms with Crippen molar-refractivity contribution in [1.29, 1.82) is 0 Å². The van der Waals surface area contributed by atoms with E-state index in [4.69, 9.17) is 0 Å². The lowest BCUT2D eigenvalue weighted by atomic mass is 9.91. The predicted octanol–water partition coefficient (Wildman–Crippen LogP) is 35.7. The van der Waals surface area contributed by atoms with Crippen LogP contribution in [0.2, 0.25) is 0 Å². The topological polar surface area (TPSA) is 94.1 Å². The van der Waals surface area contributed by atoms with Crippen LogP contribution < -0.4 is 0 Å². The number of carbonyl (C=O) groups excluding carboxylic acids is 4. The first-order valence-corrected chi connectivity index (χ1v) is 49.1. The third-order valence-corrected chi connectivity index (χ3v) is 25.1. The second-order valence-corrected chi connectivity index (χ2v) is 36.2. The highest BCUT2D eigenvalue weighted by Crippen LogP contribution is 2.39. The van der Waals surface area contributed by atoms with Crippen molar-refractivity contribution in [3.05, 3.63) is 636 Å². The lowest BCUT2D eigenvalue weighted by molar-refractivity contribution is 0.103. The van der Waals surface area contributed by atoms with Gasteiger partial charge in [0.05, 0.1) is 11.4 Å². The van der Waals surface area contributed by atoms with Crippen molar-refractivity contribution in [2.24, 2.45) is 0 Å². The molecule has 146 heavy (non-hydrogen) atoms. The second kappa shape index (κ2) is 49.0. The van der Waals surface area contributed by atoms with Crippen molar-refractivity contribution < 1.29 is 19.2 Å². The van der Waals surface area contributed by atoms with Gasteiger partial charge in [-0.25, -0.2) is 0 Å². The number of pyridine rings is 2. The number of hydrogen-bond donors (Lipinski definition) is 0. The first-order chi connectivity index (χ1) is 71.5. The van der Waals surface area contributed by atoms with Crippen LogP contribution in [-0.2, 0) is 0 Å². The van der Waals surface area contributed by atoms with Crippen molar-refractivity contribution in [3.63, 3.8) is 0 Å². The SMILES string of the molecule is Cc1ccc(-c2cc(-c3ccccc3)cc(-c3ccccc3)c2)cc1.Cc1cccc(-c2cc(-c3ccccc3)cc(-c3ccccc3)c2)c1.Cc1cccc(C(=O)c2cc(-c3cccc(-c4ccccn4)c3)cc(-c3cccc(-c4ccccn4)c3)c2)c1.Cc1cccc(C(=O)c2cc(-c3ccccc3)cc(-c3ccccc3)c2)c1.Cc1cccc(C(=O)c2ccccc2)c1.Cc1cccc(C(=O)c2ccccc2)c1. The highest BCUT2D eigenvalue weighted by molar-refractivity contribution is 6.12. The van der Waals surface area contributed by atoms with E-state index in [1.165, 1.54) is 77.9 Å². The van der Waals surface area contributed by atoms with Crippen LogP contribution in [0.3, 0.4) is 0 Å². The fraction of sp³-hybridized carbons (Fsp3) is 0.0429. The maximum Gasteiger partial charge on any atom is 0.193 e. The average molecular weight is 1880 g/mol. The van der Waals surface area contributed by atoms with Crippen molar-refractivity contribution in [2.75, 3.05) is 0 Å². The Kier molecular flexibility index (Phi) is 33.2. The maximum atomic E-state index is 13.7. The summed E-state index contributed by atoms with van der Waals surface area (Å²) in [7, 11) is 0. The van der Waals surface area contributed by atoms with Crippen LogP contribution in [0.5, 0.6) is 0 Å². The van der Waals surface area contributed by atoms with Crippen LogP contribution in [0.1, 0.15) is 97.1 Å². The Bertz CT molecular complexity index is 7800. The Balaban J connectivity index is 0.000000123. The van der Waals surface area contributed by atoms with E-state index in [1.807, 2.05) is 295 Å². The smallest absolute Gasteiger partial charge is 0.193 e. The summed E-state index contributed by atoms with van der Waals surface area (Å²) in [6.07, 6.45) is 3.60. The minimum absolute atomic E-state index is 0.00330. The molecule has 0 fully saturated rings. The molecule has 6 nitrogen and oxygen atoms in total. The molecule has 0 aliphatic heterocycles. The van der Waals surface area contributed by atoms with Gasteiger partial charge in [0.25, 0.3) is 0 Å². The molecule has 0 radical (unpaired) electrons. The van der Waals surface area contributed by atoms with Gasteiger partial charge in [0.15, 0.2) is 23.1 Å². The Morgan fingerprint density at radius 1 is 0.123 bits per heavy atom. The summed E-state index contributed by atoms with van der Waals surface area (Å²) in [5.74, 6) is 0.218. The Morgan fingerprint density at radius 3 is 0.568 bits per heavy atom. The first-order valence-electron chi connectivity index (χ1n) is 49.1. The van der Waals surface area contributed by atoms with Crippen LogP contribution >= 0.6 is 0 Å². The van der Waals surface area contributed by atoms with Gasteiger partial charge in [-0.15, -0.1) is 0 Å². The lowest BCUT2D eigenvalue weighted by Gasteiger charge is -2.13. The minimum atomic E-state index is 0.00330. The van der Waals surface area contributed by atoms with E-state index in [9.17, 15) is 19.2 Å². The normalized spacial score (nSPS) is 10.5. The predicted molar refractivity (Wildman–Crippen MR) is 607 cm³/mol. The van der Waals surface area contributed by atoms with E-state index >= 15 is 0 Å². The Labute approximate surface area is 857 Å². The van der Waals surface area contributed by atoms with Crippen LogP contribution in [0, 0.1) is 41.5 Å². The molecule has 0 saturated heterocycles. The number of nitrogens with zero attached hydrogens (tertiary/aromatic N) is 2. The van der Waals surface area contributed by atoms with Gasteiger partial charge >= 0.3 is 0 Å². The van der Waals surface area contributed by atoms with Gasteiger partial charge in [0.2, 0.25) is 0 Å². The first kappa shape index (κ1) is 99.0. The molecule has 0 aliphatic rings. The number of rotatable bonds is 20. The van der Waals surface area contributed by atoms with Crippen molar-refractivity contribution in [1.82, 2.24) is 9.97 Å². The van der Waals surface area contributed by atoms with E-state index < -0.39 is 0 Å². The molecular weight excluding hydrogens is 1770 g/mol. The van der Waals surface area contributed by atoms with Crippen molar-refractivity contribution >= 4 is 23.1 Å². The molecule has 704 valence electrons. The molecule has 0 N–H and O–H groups in total. The number of benzene rings is 20. The van der Waals surface area contributed by atoms with Crippen LogP contribution in [0.15, 0.2) is 558 Å². The van der Waals surface area contributed by atoms with E-state index in [0.717, 1.165) is 117 Å². The van der Waals surface area contributed by atoms with E-state index in [2.05, 4.69) is 303 Å². The van der Waals surface area contributed by atoms with E-state index in [1.54, 1.807) is 12.4 Å². The molecule has 0 atom stereocenters. The van der Waals surface area contributed by atoms with Gasteiger partial charge in [-0.2, -0.15) is 0 Å². The molecule has 0 spiro atoms. The highest BCUT2D eigenvalue weighted by atomic mass is 16.1. The fourth-order valence-electron chi connectivity index (χ4n) is 17.6. The molecule has 22 aromatic rings. The number of carbonyl (C=O) groups is 4. The quantitative estimate of drug-likeness (QED) is 0.0706. The molecule has 20 aromatic carbocycles. The summed E-state index contributed by atoms with van der Waals surface area (Å²) in [6, 6.07) is 184. The molecular formula is C140H110N2O4. The van der Waals surface area contributed by atoms with Crippen LogP contribution in [0.25, 0.3) is 134 Å². The van der Waals surface area contributed by atoms with Gasteiger partial charge in [-0.1, -0.05) is 446 Å². The van der Waals surface area contributed by atoms with Crippen LogP contribution in [-0.4, -0.2) is 33.1 Å². The highest BCUT2D eigenvalue weighted by Gasteiger charge is 2.20. The summed E-state index contributed by atoms with van der Waals surface area (Å²) >= 11 is 0. The molecule has 0 amide bonds. The number of aromatic nitrogens is 2. The fourth-order valence-corrected chi connectivity index (χ4v) is 17.6. The molecule has 2 heterocycles. The monoisotopic (exact) mass is 1880 g/mol. The Hall–Kier alpha value is -18.6. The number of ketones is 4. The zero-order valence-electron chi connectivity index (χ0n) is 82.6. The zero-order chi connectivity index (χ0) is 101. The third kappa shape index (κ3) is 26.7. The molecule has 0 aliphatic carbocycles. The van der Waals surface area contributed by atoms with Gasteiger partial charge in [-0.05, 0) is 286 Å². The Morgan fingerprint density at radius 2 is 0.308 bits per heavy atom. The molecule has 0 saturated carbocycles. The van der Waals surface area contributed by atoms with Crippen molar-refractivity contribution in [2.45, 2.75) is 41.5 Å². The largest absolute Gasteiger partial charge is 0.289 e. The van der Waals surface area contributed by atoms with Gasteiger partial charge in [-0.3, -0.25) is 29.1 Å². The van der Waals surface area contributed by atoms with Gasteiger partial charge < -0.3 is 0 Å². The van der Waals surface area contributed by atoms with Gasteiger partial charge in [0, 0.05) is 68.0 Å². The summed E-state index contributed by atoms with van der Waals surface area (Å²) in [5.41, 5.74) is 39.9. The molecule has 0 unspecified atom stereocenters. The van der Waals surface area contributed by atoms with Crippen LogP contribution in [0.4, 0.5) is 0 Å². The number of hydrogen-bond acceptors (Lipinski definition) is 6. The summed E-state index contributed by atoms with van der Waals surface area (Å²) < 4.78 is 0. The minimum Gasteiger partial charge on any atom is -0.289 e. The average Bonchev–Trinajstić information content (AvgIpc) is 0.804.